The minimum Gasteiger partial charge on any atom is -0.370 e. The van der Waals surface area contributed by atoms with E-state index in [1.807, 2.05) is 36.2 Å². The van der Waals surface area contributed by atoms with E-state index in [0.29, 0.717) is 37.7 Å². The number of nitrogens with one attached hydrogen (secondary N) is 4. The van der Waals surface area contributed by atoms with Crippen molar-refractivity contribution in [2.45, 2.75) is 87.7 Å². The minimum atomic E-state index is -4.00. The molecule has 0 unspecified atom stereocenters. The lowest BCUT2D eigenvalue weighted by molar-refractivity contribution is -0.189. The number of hydrogen-bond donors (Lipinski definition) is 7. The van der Waals surface area contributed by atoms with Gasteiger partial charge in [0, 0.05) is 29.9 Å². The number of aryl methyl sites for hydroxylation is 1. The predicted molar refractivity (Wildman–Crippen MR) is 192 cm³/mol. The molecule has 0 radical (unpaired) electrons. The highest BCUT2D eigenvalue weighted by atomic mass is 31.2. The number of amides is 5. The maximum absolute atomic E-state index is 14.4. The summed E-state index contributed by atoms with van der Waals surface area (Å²) in [7, 11) is -1.53. The highest BCUT2D eigenvalue weighted by molar-refractivity contribution is 7.39. The molecule has 3 heterocycles. The molecular formula is C36H44F2N7O8P. The van der Waals surface area contributed by atoms with E-state index < -0.39 is 67.9 Å². The molecule has 18 heteroatoms. The largest absolute Gasteiger partial charge is 0.389 e. The standard InChI is InChI=1S/C36H44F2N7O8P/c1-44-16-15-23-10-13-30(34(49)42-27(12-14-31(39)46)32(47)41-26-8-4-6-20-5-2-3-7-24(20)26)45(23)35(50)29(19-44)43-33(48)28-18-21-17-22(9-11-25(21)40-28)36(37,38)53-54(51)52/h2-3,5,7,9,11,17-18,23,26-27,29-30,40,51-52H,4,6,8,10,12-16,19H2,1H3,(H2,39,46)(H,41,47)(H,42,49)(H,43,48)/t23-,26-,27+,29+,30+/m1/s1. The van der Waals surface area contributed by atoms with Gasteiger partial charge in [-0.2, -0.15) is 8.78 Å². The third kappa shape index (κ3) is 8.87. The first-order chi connectivity index (χ1) is 25.7. The molecule has 2 fully saturated rings. The van der Waals surface area contributed by atoms with Crippen molar-refractivity contribution in [2.24, 2.45) is 5.73 Å². The Labute approximate surface area is 311 Å². The number of aromatic amines is 1. The van der Waals surface area contributed by atoms with E-state index in [2.05, 4.69) is 25.5 Å². The third-order valence-corrected chi connectivity index (χ3v) is 10.8. The minimum absolute atomic E-state index is 0.0216. The molecule has 0 spiro atoms. The van der Waals surface area contributed by atoms with Crippen LogP contribution in [0.4, 0.5) is 8.78 Å². The SMILES string of the molecule is CN1CC[C@H]2CC[C@@H](C(=O)N[C@@H](CCC(N)=O)C(=O)N[C@@H]3CCCc4ccccc43)N2C(=O)[C@@H](NC(=O)c2cc3cc(C(F)(F)OP(O)O)ccc3[nH]2)C1. The highest BCUT2D eigenvalue weighted by Crippen LogP contribution is 2.42. The van der Waals surface area contributed by atoms with Crippen molar-refractivity contribution in [1.29, 1.82) is 0 Å². The lowest BCUT2D eigenvalue weighted by Crippen LogP contribution is -2.61. The van der Waals surface area contributed by atoms with Gasteiger partial charge >= 0.3 is 14.7 Å². The first kappa shape index (κ1) is 39.2. The van der Waals surface area contributed by atoms with Gasteiger partial charge in [0.05, 0.1) is 11.6 Å². The van der Waals surface area contributed by atoms with Gasteiger partial charge in [0.15, 0.2) is 0 Å². The van der Waals surface area contributed by atoms with Crippen LogP contribution in [0.5, 0.6) is 0 Å². The summed E-state index contributed by atoms with van der Waals surface area (Å²) in [6.07, 6.45) is -0.276. The van der Waals surface area contributed by atoms with Crippen molar-refractivity contribution in [3.05, 3.63) is 70.9 Å². The van der Waals surface area contributed by atoms with Crippen LogP contribution in [-0.4, -0.2) is 98.4 Å². The molecule has 2 aliphatic heterocycles. The second-order valence-electron chi connectivity index (χ2n) is 14.1. The topological polar surface area (TPSA) is 219 Å². The van der Waals surface area contributed by atoms with Gasteiger partial charge in [0.1, 0.15) is 23.8 Å². The summed E-state index contributed by atoms with van der Waals surface area (Å²) >= 11 is 0. The number of carbonyl (C=O) groups is 5. The summed E-state index contributed by atoms with van der Waals surface area (Å²) in [5, 5.41) is 8.81. The number of carbonyl (C=O) groups excluding carboxylic acids is 5. The van der Waals surface area contributed by atoms with Crippen molar-refractivity contribution in [2.75, 3.05) is 20.1 Å². The second-order valence-corrected chi connectivity index (χ2v) is 14.8. The highest BCUT2D eigenvalue weighted by Gasteiger charge is 2.45. The van der Waals surface area contributed by atoms with Crippen molar-refractivity contribution in [3.63, 3.8) is 0 Å². The summed E-state index contributed by atoms with van der Waals surface area (Å²) in [4.78, 5) is 91.3. The van der Waals surface area contributed by atoms with Gasteiger partial charge in [-0.15, -0.1) is 0 Å². The number of likely N-dealkylation sites (N-methyl/N-ethyl adjacent to an activating group) is 1. The number of aromatic nitrogens is 1. The Kier molecular flexibility index (Phi) is 11.9. The van der Waals surface area contributed by atoms with E-state index in [-0.39, 0.29) is 42.6 Å². The first-order valence-electron chi connectivity index (χ1n) is 17.9. The number of hydrogen-bond acceptors (Lipinski definition) is 9. The Morgan fingerprint density at radius 3 is 2.59 bits per heavy atom. The normalized spacial score (nSPS) is 22.6. The first-order valence-corrected chi connectivity index (χ1v) is 19.0. The number of halogens is 2. The molecule has 5 amide bonds. The van der Waals surface area contributed by atoms with E-state index in [1.54, 1.807) is 0 Å². The van der Waals surface area contributed by atoms with Crippen LogP contribution in [0.3, 0.4) is 0 Å². The van der Waals surface area contributed by atoms with E-state index in [0.717, 1.165) is 36.1 Å². The number of nitrogens with zero attached hydrogens (tertiary/aromatic N) is 2. The summed E-state index contributed by atoms with van der Waals surface area (Å²) < 4.78 is 32.7. The molecule has 8 N–H and O–H groups in total. The number of H-pyrrole nitrogens is 1. The van der Waals surface area contributed by atoms with Crippen LogP contribution in [0.25, 0.3) is 10.9 Å². The van der Waals surface area contributed by atoms with Gasteiger partial charge < -0.3 is 46.3 Å². The van der Waals surface area contributed by atoms with Gasteiger partial charge in [-0.25, -0.2) is 4.52 Å². The molecule has 6 rings (SSSR count). The summed E-state index contributed by atoms with van der Waals surface area (Å²) in [5.41, 5.74) is 7.21. The monoisotopic (exact) mass is 771 g/mol. The van der Waals surface area contributed by atoms with Crippen molar-refractivity contribution in [1.82, 2.24) is 30.7 Å². The average Bonchev–Trinajstić information content (AvgIpc) is 3.75. The maximum atomic E-state index is 14.4. The van der Waals surface area contributed by atoms with Crippen LogP contribution in [0, 0.1) is 0 Å². The fourth-order valence-corrected chi connectivity index (χ4v) is 8.03. The molecule has 2 saturated heterocycles. The van der Waals surface area contributed by atoms with Gasteiger partial charge in [-0.1, -0.05) is 24.3 Å². The zero-order chi connectivity index (χ0) is 38.7. The molecule has 1 aromatic heterocycles. The molecule has 15 nitrogen and oxygen atoms in total. The molecule has 290 valence electrons. The van der Waals surface area contributed by atoms with Gasteiger partial charge in [-0.05, 0) is 93.9 Å². The maximum Gasteiger partial charge on any atom is 0.389 e. The lowest BCUT2D eigenvalue weighted by atomic mass is 9.87. The Morgan fingerprint density at radius 1 is 1.06 bits per heavy atom. The predicted octanol–water partition coefficient (Wildman–Crippen LogP) is 2.18. The Balaban J connectivity index is 1.17. The number of nitrogens with two attached hydrogens (primary N) is 1. The Morgan fingerprint density at radius 2 is 1.83 bits per heavy atom. The average molecular weight is 772 g/mol. The molecule has 0 saturated carbocycles. The lowest BCUT2D eigenvalue weighted by Gasteiger charge is -2.38. The van der Waals surface area contributed by atoms with Crippen molar-refractivity contribution in [3.8, 4) is 0 Å². The molecule has 3 aromatic rings. The summed E-state index contributed by atoms with van der Waals surface area (Å²) in [6, 6.07) is 8.80. The van der Waals surface area contributed by atoms with E-state index in [1.165, 1.54) is 17.0 Å². The summed E-state index contributed by atoms with van der Waals surface area (Å²) in [5.74, 6) is -2.83. The van der Waals surface area contributed by atoms with Gasteiger partial charge in [0.25, 0.3) is 5.91 Å². The Bertz CT molecular complexity index is 1910. The van der Waals surface area contributed by atoms with E-state index in [4.69, 9.17) is 15.5 Å². The smallest absolute Gasteiger partial charge is 0.370 e. The van der Waals surface area contributed by atoms with Gasteiger partial charge in [-0.3, -0.25) is 24.0 Å². The van der Waals surface area contributed by atoms with Crippen LogP contribution >= 0.6 is 8.60 Å². The number of rotatable bonds is 12. The van der Waals surface area contributed by atoms with Crippen LogP contribution in [-0.2, 0) is 36.2 Å². The van der Waals surface area contributed by atoms with Gasteiger partial charge in [0.2, 0.25) is 23.6 Å². The quantitative estimate of drug-likeness (QED) is 0.134. The van der Waals surface area contributed by atoms with Crippen LogP contribution in [0.2, 0.25) is 0 Å². The molecule has 1 aliphatic carbocycles. The number of benzene rings is 2. The zero-order valence-corrected chi connectivity index (χ0v) is 30.5. The molecule has 5 atom stereocenters. The number of primary amides is 1. The number of alkyl halides is 2. The van der Waals surface area contributed by atoms with Crippen LogP contribution in [0.1, 0.15) is 78.2 Å². The molecule has 2 aromatic carbocycles. The van der Waals surface area contributed by atoms with E-state index >= 15 is 0 Å². The van der Waals surface area contributed by atoms with Crippen molar-refractivity contribution >= 4 is 49.0 Å². The zero-order valence-electron chi connectivity index (χ0n) is 29.6. The molecule has 0 bridgehead atoms. The summed E-state index contributed by atoms with van der Waals surface area (Å²) in [6.45, 7) is 0.685. The molecular weight excluding hydrogens is 727 g/mol. The van der Waals surface area contributed by atoms with Crippen LogP contribution < -0.4 is 21.7 Å². The van der Waals surface area contributed by atoms with Crippen LogP contribution in [0.15, 0.2) is 48.5 Å². The Hall–Kier alpha value is -4.54. The fraction of sp³-hybridized carbons (Fsp3) is 0.472. The molecule has 54 heavy (non-hydrogen) atoms. The van der Waals surface area contributed by atoms with E-state index in [9.17, 15) is 32.8 Å². The fourth-order valence-electron chi connectivity index (χ4n) is 7.72. The second kappa shape index (κ2) is 16.4. The number of fused-ring (bicyclic) bond motifs is 3. The molecule has 3 aliphatic rings. The van der Waals surface area contributed by atoms with Crippen molar-refractivity contribution < 1.29 is 47.1 Å². The third-order valence-electron chi connectivity index (χ3n) is 10.4.